The number of carbonyl (C=O) groups excluding carboxylic acids is 1. The number of primary amides is 1. The topological polar surface area (TPSA) is 46.3 Å². The zero-order valence-electron chi connectivity index (χ0n) is 8.05. The summed E-state index contributed by atoms with van der Waals surface area (Å²) in [7, 11) is 0. The van der Waals surface area contributed by atoms with Crippen molar-refractivity contribution in [2.45, 2.75) is 32.2 Å². The molecule has 3 nitrogen and oxygen atoms in total. The summed E-state index contributed by atoms with van der Waals surface area (Å²) in [4.78, 5) is 13.0. The molecule has 1 rings (SSSR count). The van der Waals surface area contributed by atoms with E-state index < -0.39 is 0 Å². The monoisotopic (exact) mass is 180 g/mol. The molecule has 13 heavy (non-hydrogen) atoms. The fraction of sp³-hybridized carbons (Fsp3) is 0.700. The highest BCUT2D eigenvalue weighted by Gasteiger charge is 2.27. The first kappa shape index (κ1) is 10.1. The molecular formula is C10H16N2O. The Morgan fingerprint density at radius 3 is 3.00 bits per heavy atom. The molecule has 0 aromatic carbocycles. The van der Waals surface area contributed by atoms with Crippen LogP contribution in [0.25, 0.3) is 0 Å². The van der Waals surface area contributed by atoms with E-state index in [1.54, 1.807) is 0 Å². The standard InChI is InChI=1S/C10H16N2O/c1-2-3-4-7-12-8-5-6-9(12)10(11)13/h9H,2,5-8H2,1H3,(H2,11,13). The van der Waals surface area contributed by atoms with Gasteiger partial charge in [0.2, 0.25) is 5.91 Å². The van der Waals surface area contributed by atoms with Gasteiger partial charge < -0.3 is 5.73 Å². The van der Waals surface area contributed by atoms with E-state index in [4.69, 9.17) is 5.73 Å². The van der Waals surface area contributed by atoms with Gasteiger partial charge in [-0.25, -0.2) is 0 Å². The van der Waals surface area contributed by atoms with Gasteiger partial charge in [-0.05, 0) is 19.4 Å². The summed E-state index contributed by atoms with van der Waals surface area (Å²) in [6.45, 7) is 3.65. The summed E-state index contributed by atoms with van der Waals surface area (Å²) in [5.74, 6) is 5.81. The predicted molar refractivity (Wildman–Crippen MR) is 51.9 cm³/mol. The number of nitrogens with two attached hydrogens (primary N) is 1. The minimum Gasteiger partial charge on any atom is -0.368 e. The lowest BCUT2D eigenvalue weighted by Crippen LogP contribution is -2.40. The average Bonchev–Trinajstić information content (AvgIpc) is 2.53. The zero-order valence-corrected chi connectivity index (χ0v) is 8.05. The van der Waals surface area contributed by atoms with Crippen molar-refractivity contribution in [3.63, 3.8) is 0 Å². The number of hydrogen-bond donors (Lipinski definition) is 1. The maximum atomic E-state index is 11.0. The molecule has 0 saturated carbocycles. The molecule has 0 aliphatic carbocycles. The van der Waals surface area contributed by atoms with Crippen LogP contribution in [0.3, 0.4) is 0 Å². The van der Waals surface area contributed by atoms with Crippen molar-refractivity contribution in [3.05, 3.63) is 0 Å². The van der Waals surface area contributed by atoms with Gasteiger partial charge in [0, 0.05) is 6.42 Å². The van der Waals surface area contributed by atoms with E-state index in [1.165, 1.54) is 0 Å². The van der Waals surface area contributed by atoms with Crippen LogP contribution in [0.5, 0.6) is 0 Å². The van der Waals surface area contributed by atoms with Crippen LogP contribution in [-0.2, 0) is 4.79 Å². The van der Waals surface area contributed by atoms with Crippen molar-refractivity contribution >= 4 is 5.91 Å². The fourth-order valence-corrected chi connectivity index (χ4v) is 1.62. The van der Waals surface area contributed by atoms with Gasteiger partial charge in [0.15, 0.2) is 0 Å². The quantitative estimate of drug-likeness (QED) is 0.623. The van der Waals surface area contributed by atoms with Crippen molar-refractivity contribution in [1.82, 2.24) is 4.90 Å². The Kier molecular flexibility index (Phi) is 3.78. The molecule has 1 fully saturated rings. The van der Waals surface area contributed by atoms with Gasteiger partial charge in [0.25, 0.3) is 0 Å². The molecule has 1 atom stereocenters. The predicted octanol–water partition coefficient (Wildman–Crippen LogP) is 0.350. The molecular weight excluding hydrogens is 164 g/mol. The highest BCUT2D eigenvalue weighted by molar-refractivity contribution is 5.80. The molecule has 1 unspecified atom stereocenters. The van der Waals surface area contributed by atoms with Crippen molar-refractivity contribution < 1.29 is 4.79 Å². The second kappa shape index (κ2) is 4.88. The smallest absolute Gasteiger partial charge is 0.234 e. The van der Waals surface area contributed by atoms with Crippen LogP contribution >= 0.6 is 0 Å². The van der Waals surface area contributed by atoms with Gasteiger partial charge in [-0.3, -0.25) is 9.69 Å². The Hall–Kier alpha value is -1.01. The van der Waals surface area contributed by atoms with Crippen LogP contribution in [0.15, 0.2) is 0 Å². The van der Waals surface area contributed by atoms with Crippen LogP contribution in [0.4, 0.5) is 0 Å². The number of rotatable bonds is 2. The summed E-state index contributed by atoms with van der Waals surface area (Å²) in [5.41, 5.74) is 5.26. The van der Waals surface area contributed by atoms with Gasteiger partial charge in [-0.2, -0.15) is 0 Å². The Morgan fingerprint density at radius 1 is 1.62 bits per heavy atom. The molecule has 1 aliphatic heterocycles. The van der Waals surface area contributed by atoms with Crippen LogP contribution in [0.2, 0.25) is 0 Å². The first-order valence-electron chi connectivity index (χ1n) is 4.74. The molecule has 0 aromatic rings. The molecule has 0 bridgehead atoms. The van der Waals surface area contributed by atoms with Crippen molar-refractivity contribution in [2.75, 3.05) is 13.1 Å². The summed E-state index contributed by atoms with van der Waals surface area (Å²) >= 11 is 0. The lowest BCUT2D eigenvalue weighted by Gasteiger charge is -2.18. The number of amides is 1. The third kappa shape index (κ3) is 2.74. The van der Waals surface area contributed by atoms with E-state index in [0.29, 0.717) is 6.54 Å². The Bertz CT molecular complexity index is 239. The SMILES string of the molecule is CCC#CCN1CCCC1C(N)=O. The van der Waals surface area contributed by atoms with Crippen LogP contribution in [0, 0.1) is 11.8 Å². The largest absolute Gasteiger partial charge is 0.368 e. The summed E-state index contributed by atoms with van der Waals surface area (Å²) in [6, 6.07) is -0.0776. The normalized spacial score (nSPS) is 22.4. The van der Waals surface area contributed by atoms with Gasteiger partial charge in [-0.1, -0.05) is 12.8 Å². The third-order valence-electron chi connectivity index (χ3n) is 2.28. The highest BCUT2D eigenvalue weighted by Crippen LogP contribution is 2.15. The summed E-state index contributed by atoms with van der Waals surface area (Å²) in [5, 5.41) is 0. The van der Waals surface area contributed by atoms with Crippen molar-refractivity contribution in [3.8, 4) is 11.8 Å². The van der Waals surface area contributed by atoms with E-state index in [0.717, 1.165) is 25.8 Å². The fourth-order valence-electron chi connectivity index (χ4n) is 1.62. The molecule has 0 aromatic heterocycles. The molecule has 0 radical (unpaired) electrons. The Morgan fingerprint density at radius 2 is 2.38 bits per heavy atom. The lowest BCUT2D eigenvalue weighted by atomic mass is 10.2. The van der Waals surface area contributed by atoms with E-state index in [-0.39, 0.29) is 11.9 Å². The molecule has 0 spiro atoms. The zero-order chi connectivity index (χ0) is 9.68. The average molecular weight is 180 g/mol. The second-order valence-corrected chi connectivity index (χ2v) is 3.24. The van der Waals surface area contributed by atoms with E-state index in [9.17, 15) is 4.79 Å². The van der Waals surface area contributed by atoms with E-state index in [2.05, 4.69) is 16.7 Å². The Balaban J connectivity index is 2.44. The van der Waals surface area contributed by atoms with E-state index >= 15 is 0 Å². The first-order chi connectivity index (χ1) is 6.25. The van der Waals surface area contributed by atoms with Crippen LogP contribution in [0.1, 0.15) is 26.2 Å². The number of likely N-dealkylation sites (tertiary alicyclic amines) is 1. The molecule has 1 aliphatic rings. The van der Waals surface area contributed by atoms with Crippen LogP contribution in [-0.4, -0.2) is 29.9 Å². The summed E-state index contributed by atoms with van der Waals surface area (Å²) in [6.07, 6.45) is 2.82. The highest BCUT2D eigenvalue weighted by atomic mass is 16.1. The molecule has 1 saturated heterocycles. The van der Waals surface area contributed by atoms with Crippen molar-refractivity contribution in [2.24, 2.45) is 5.73 Å². The maximum absolute atomic E-state index is 11.0. The maximum Gasteiger partial charge on any atom is 0.234 e. The number of hydrogen-bond acceptors (Lipinski definition) is 2. The van der Waals surface area contributed by atoms with Gasteiger partial charge in [0.1, 0.15) is 0 Å². The number of carbonyl (C=O) groups is 1. The third-order valence-corrected chi connectivity index (χ3v) is 2.28. The molecule has 72 valence electrons. The van der Waals surface area contributed by atoms with Gasteiger partial charge in [-0.15, -0.1) is 5.92 Å². The minimum absolute atomic E-state index is 0.0776. The van der Waals surface area contributed by atoms with Gasteiger partial charge >= 0.3 is 0 Å². The van der Waals surface area contributed by atoms with E-state index in [1.807, 2.05) is 6.92 Å². The molecule has 2 N–H and O–H groups in total. The molecule has 1 heterocycles. The lowest BCUT2D eigenvalue weighted by molar-refractivity contribution is -0.122. The second-order valence-electron chi connectivity index (χ2n) is 3.24. The van der Waals surface area contributed by atoms with Crippen molar-refractivity contribution in [1.29, 1.82) is 0 Å². The van der Waals surface area contributed by atoms with Gasteiger partial charge in [0.05, 0.1) is 12.6 Å². The molecule has 3 heteroatoms. The minimum atomic E-state index is -0.212. The number of nitrogens with zero attached hydrogens (tertiary/aromatic N) is 1. The van der Waals surface area contributed by atoms with Crippen LogP contribution < -0.4 is 5.73 Å². The first-order valence-corrected chi connectivity index (χ1v) is 4.74. The Labute approximate surface area is 79.3 Å². The summed E-state index contributed by atoms with van der Waals surface area (Å²) < 4.78 is 0. The molecule has 1 amide bonds.